The van der Waals surface area contributed by atoms with E-state index in [9.17, 15) is 0 Å². The monoisotopic (exact) mass is 435 g/mol. The summed E-state index contributed by atoms with van der Waals surface area (Å²) in [7, 11) is 1.68. The molecule has 33 heavy (non-hydrogen) atoms. The Morgan fingerprint density at radius 3 is 2.64 bits per heavy atom. The van der Waals surface area contributed by atoms with Crippen LogP contribution in [-0.4, -0.2) is 27.0 Å². The van der Waals surface area contributed by atoms with Crippen LogP contribution in [0.15, 0.2) is 79.3 Å². The molecule has 0 aliphatic carbocycles. The number of H-pyrrole nitrogens is 1. The van der Waals surface area contributed by atoms with Crippen LogP contribution in [0.5, 0.6) is 5.75 Å². The number of aromatic nitrogens is 4. The summed E-state index contributed by atoms with van der Waals surface area (Å²) >= 11 is 0. The van der Waals surface area contributed by atoms with Gasteiger partial charge in [0, 0.05) is 42.8 Å². The van der Waals surface area contributed by atoms with Gasteiger partial charge in [-0.2, -0.15) is 0 Å². The van der Waals surface area contributed by atoms with Crippen LogP contribution in [0.1, 0.15) is 22.5 Å². The number of rotatable bonds is 7. The molecule has 0 aliphatic heterocycles. The molecule has 5 rings (SSSR count). The van der Waals surface area contributed by atoms with Gasteiger partial charge in [0.25, 0.3) is 0 Å². The number of methoxy groups -OCH3 is 1. The van der Waals surface area contributed by atoms with Gasteiger partial charge in [-0.15, -0.1) is 0 Å². The summed E-state index contributed by atoms with van der Waals surface area (Å²) in [6.07, 6.45) is 6.17. The highest BCUT2D eigenvalue weighted by molar-refractivity contribution is 5.89. The molecule has 0 saturated carbocycles. The molecule has 6 nitrogen and oxygen atoms in total. The molecular formula is C27H25N5O. The maximum Gasteiger partial charge on any atom is 0.134 e. The molecule has 0 radical (unpaired) electrons. The predicted molar refractivity (Wildman–Crippen MR) is 131 cm³/mol. The number of nitrogens with zero attached hydrogens (tertiary/aromatic N) is 3. The fourth-order valence-corrected chi connectivity index (χ4v) is 3.91. The first-order valence-electron chi connectivity index (χ1n) is 10.9. The first kappa shape index (κ1) is 20.7. The van der Waals surface area contributed by atoms with E-state index in [2.05, 4.69) is 52.5 Å². The second kappa shape index (κ2) is 9.12. The lowest BCUT2D eigenvalue weighted by Gasteiger charge is -2.12. The number of benzene rings is 2. The van der Waals surface area contributed by atoms with E-state index in [4.69, 9.17) is 14.7 Å². The van der Waals surface area contributed by atoms with Crippen LogP contribution < -0.4 is 10.1 Å². The number of hydrogen-bond acceptors (Lipinski definition) is 5. The molecule has 2 N–H and O–H groups in total. The molecule has 0 spiro atoms. The van der Waals surface area contributed by atoms with Crippen LogP contribution in [-0.2, 0) is 13.0 Å². The molecule has 6 heteroatoms. The van der Waals surface area contributed by atoms with Crippen molar-refractivity contribution in [3.8, 4) is 17.0 Å². The van der Waals surface area contributed by atoms with E-state index in [0.717, 1.165) is 46.1 Å². The molecular weight excluding hydrogens is 410 g/mol. The number of anilines is 1. The van der Waals surface area contributed by atoms with Gasteiger partial charge < -0.3 is 15.0 Å². The lowest BCUT2D eigenvalue weighted by molar-refractivity contribution is 0.414. The van der Waals surface area contributed by atoms with Gasteiger partial charge in [-0.3, -0.25) is 4.98 Å². The van der Waals surface area contributed by atoms with Gasteiger partial charge in [0.2, 0.25) is 0 Å². The second-order valence-corrected chi connectivity index (χ2v) is 7.99. The molecule has 2 aromatic carbocycles. The Morgan fingerprint density at radius 1 is 1.00 bits per heavy atom. The Hall–Kier alpha value is -4.19. The summed E-state index contributed by atoms with van der Waals surface area (Å²) in [4.78, 5) is 17.2. The van der Waals surface area contributed by atoms with Crippen LogP contribution in [0.2, 0.25) is 0 Å². The molecule has 3 heterocycles. The number of aryl methyl sites for hydroxylation is 1. The Labute approximate surface area is 192 Å². The topological polar surface area (TPSA) is 75.7 Å². The minimum atomic E-state index is 0.666. The molecule has 0 unspecified atom stereocenters. The van der Waals surface area contributed by atoms with Crippen LogP contribution in [0, 0.1) is 6.92 Å². The average molecular weight is 436 g/mol. The van der Waals surface area contributed by atoms with Gasteiger partial charge in [-0.05, 0) is 66.1 Å². The first-order chi connectivity index (χ1) is 16.2. The number of nitrogens with one attached hydrogen (secondary N) is 2. The van der Waals surface area contributed by atoms with Gasteiger partial charge >= 0.3 is 0 Å². The van der Waals surface area contributed by atoms with Crippen LogP contribution in [0.4, 0.5) is 5.69 Å². The summed E-state index contributed by atoms with van der Waals surface area (Å²) < 4.78 is 5.23. The van der Waals surface area contributed by atoms with Crippen molar-refractivity contribution in [1.82, 2.24) is 19.9 Å². The minimum Gasteiger partial charge on any atom is -0.497 e. The summed E-state index contributed by atoms with van der Waals surface area (Å²) in [6, 6.07) is 20.5. The molecule has 0 aliphatic rings. The average Bonchev–Trinajstić information content (AvgIpc) is 3.33. The molecule has 0 bridgehead atoms. The van der Waals surface area contributed by atoms with Gasteiger partial charge in [0.15, 0.2) is 0 Å². The largest absolute Gasteiger partial charge is 0.497 e. The van der Waals surface area contributed by atoms with Crippen molar-refractivity contribution in [1.29, 1.82) is 0 Å². The zero-order valence-electron chi connectivity index (χ0n) is 18.7. The molecule has 0 fully saturated rings. The lowest BCUT2D eigenvalue weighted by atomic mass is 10.0. The number of hydrogen-bond donors (Lipinski definition) is 2. The third kappa shape index (κ3) is 4.55. The van der Waals surface area contributed by atoms with E-state index >= 15 is 0 Å². The second-order valence-electron chi connectivity index (χ2n) is 7.99. The van der Waals surface area contributed by atoms with E-state index in [1.54, 1.807) is 13.3 Å². The molecule has 5 aromatic rings. The highest BCUT2D eigenvalue weighted by Crippen LogP contribution is 2.26. The van der Waals surface area contributed by atoms with E-state index in [1.165, 1.54) is 16.7 Å². The zero-order chi connectivity index (χ0) is 22.6. The summed E-state index contributed by atoms with van der Waals surface area (Å²) in [5.41, 5.74) is 8.40. The number of aromatic amines is 1. The predicted octanol–water partition coefficient (Wildman–Crippen LogP) is 5.54. The van der Waals surface area contributed by atoms with Crippen LogP contribution in [0.3, 0.4) is 0 Å². The van der Waals surface area contributed by atoms with Crippen molar-refractivity contribution in [2.45, 2.75) is 19.9 Å². The van der Waals surface area contributed by atoms with Gasteiger partial charge in [-0.1, -0.05) is 18.2 Å². The maximum absolute atomic E-state index is 5.23. The third-order valence-electron chi connectivity index (χ3n) is 5.73. The lowest BCUT2D eigenvalue weighted by Crippen LogP contribution is -2.03. The third-order valence-corrected chi connectivity index (χ3v) is 5.73. The fourth-order valence-electron chi connectivity index (χ4n) is 3.91. The highest BCUT2D eigenvalue weighted by Gasteiger charge is 2.12. The standard InChI is InChI=1S/C27H25N5O/c1-18-14-22(30-16-19-5-9-23(33-2)10-6-19)8-7-20(18)15-25-31-24-11-13-29-27(24)26(32-25)21-4-3-12-28-17-21/h3-14,17,29-30H,15-16H2,1-2H3. The highest BCUT2D eigenvalue weighted by atomic mass is 16.5. The van der Waals surface area contributed by atoms with Crippen molar-refractivity contribution < 1.29 is 4.74 Å². The Kier molecular flexibility index (Phi) is 5.72. The maximum atomic E-state index is 5.23. The Bertz CT molecular complexity index is 1380. The fraction of sp³-hybridized carbons (Fsp3) is 0.148. The summed E-state index contributed by atoms with van der Waals surface area (Å²) in [6.45, 7) is 2.88. The number of fused-ring (bicyclic) bond motifs is 1. The van der Waals surface area contributed by atoms with Gasteiger partial charge in [0.1, 0.15) is 11.6 Å². The van der Waals surface area contributed by atoms with Crippen LogP contribution in [0.25, 0.3) is 22.3 Å². The summed E-state index contributed by atoms with van der Waals surface area (Å²) in [5.74, 6) is 1.66. The smallest absolute Gasteiger partial charge is 0.134 e. The molecule has 0 amide bonds. The van der Waals surface area contributed by atoms with Crippen LogP contribution >= 0.6 is 0 Å². The van der Waals surface area contributed by atoms with Crippen molar-refractivity contribution in [3.63, 3.8) is 0 Å². The minimum absolute atomic E-state index is 0.666. The van der Waals surface area contributed by atoms with E-state index in [-0.39, 0.29) is 0 Å². The SMILES string of the molecule is COc1ccc(CNc2ccc(Cc3nc(-c4cccnc4)c4[nH]ccc4n3)c(C)c2)cc1. The van der Waals surface area contributed by atoms with E-state index in [1.807, 2.05) is 42.7 Å². The Morgan fingerprint density at radius 2 is 1.88 bits per heavy atom. The van der Waals surface area contributed by atoms with Crippen molar-refractivity contribution in [3.05, 3.63) is 102 Å². The molecule has 0 atom stereocenters. The number of ether oxygens (including phenoxy) is 1. The summed E-state index contributed by atoms with van der Waals surface area (Å²) in [5, 5.41) is 3.50. The molecule has 3 aromatic heterocycles. The Balaban J connectivity index is 1.35. The molecule has 0 saturated heterocycles. The number of pyridine rings is 1. The van der Waals surface area contributed by atoms with Crippen molar-refractivity contribution in [2.75, 3.05) is 12.4 Å². The normalized spacial score (nSPS) is 11.0. The molecule has 164 valence electrons. The first-order valence-corrected chi connectivity index (χ1v) is 10.9. The van der Waals surface area contributed by atoms with Crippen molar-refractivity contribution in [2.24, 2.45) is 0 Å². The van der Waals surface area contributed by atoms with E-state index in [0.29, 0.717) is 6.42 Å². The van der Waals surface area contributed by atoms with Crippen molar-refractivity contribution >= 4 is 16.7 Å². The van der Waals surface area contributed by atoms with E-state index < -0.39 is 0 Å². The zero-order valence-corrected chi connectivity index (χ0v) is 18.7. The van der Waals surface area contributed by atoms with Gasteiger partial charge in [-0.25, -0.2) is 9.97 Å². The quantitative estimate of drug-likeness (QED) is 0.351. The van der Waals surface area contributed by atoms with Gasteiger partial charge in [0.05, 0.1) is 23.8 Å².